The number of aliphatic hydroxyl groups excluding tert-OH is 1. The summed E-state index contributed by atoms with van der Waals surface area (Å²) in [4.78, 5) is 0. The molecular formula is C17H23ClN4O. The van der Waals surface area contributed by atoms with Gasteiger partial charge in [0.2, 0.25) is 0 Å². The van der Waals surface area contributed by atoms with Gasteiger partial charge in [-0.2, -0.15) is 0 Å². The number of hydrogen-bond acceptors (Lipinski definition) is 4. The minimum absolute atomic E-state index is 0.0498. The first-order valence-corrected chi connectivity index (χ1v) is 8.56. The molecule has 1 heterocycles. The van der Waals surface area contributed by atoms with E-state index in [1.807, 2.05) is 35.9 Å². The Hall–Kier alpha value is -1.43. The van der Waals surface area contributed by atoms with E-state index >= 15 is 0 Å². The van der Waals surface area contributed by atoms with Crippen LogP contribution >= 0.6 is 11.6 Å². The van der Waals surface area contributed by atoms with Crippen molar-refractivity contribution in [2.75, 3.05) is 0 Å². The molecule has 6 heteroatoms. The lowest BCUT2D eigenvalue weighted by Gasteiger charge is -2.30. The predicted molar refractivity (Wildman–Crippen MR) is 90.9 cm³/mol. The summed E-state index contributed by atoms with van der Waals surface area (Å²) < 4.78 is 1.82. The molecule has 1 aliphatic rings. The molecule has 3 unspecified atom stereocenters. The van der Waals surface area contributed by atoms with Crippen LogP contribution in [-0.4, -0.2) is 32.2 Å². The van der Waals surface area contributed by atoms with E-state index in [2.05, 4.69) is 22.6 Å². The second-order valence-corrected chi connectivity index (χ2v) is 6.73. The van der Waals surface area contributed by atoms with E-state index in [9.17, 15) is 5.11 Å². The zero-order valence-corrected chi connectivity index (χ0v) is 14.3. The van der Waals surface area contributed by atoms with E-state index in [4.69, 9.17) is 11.6 Å². The topological polar surface area (TPSA) is 63.0 Å². The molecule has 3 atom stereocenters. The van der Waals surface area contributed by atoms with Crippen molar-refractivity contribution in [1.29, 1.82) is 0 Å². The van der Waals surface area contributed by atoms with Crippen molar-refractivity contribution in [3.8, 4) is 5.69 Å². The monoisotopic (exact) mass is 334 g/mol. The Kier molecular flexibility index (Phi) is 4.99. The summed E-state index contributed by atoms with van der Waals surface area (Å²) >= 11 is 5.94. The largest absolute Gasteiger partial charge is 0.392 e. The predicted octanol–water partition coefficient (Wildman–Crippen LogP) is 3.18. The first-order valence-electron chi connectivity index (χ1n) is 8.18. The number of rotatable bonds is 4. The standard InChI is InChI=1S/C17H23ClN4O/c1-11(19-15-5-3-4-6-16(15)23)17-12(2)22(21-20-17)14-9-7-13(18)8-10-14/h7-11,15-16,19,23H,3-6H2,1-2H3. The van der Waals surface area contributed by atoms with Crippen LogP contribution in [0.3, 0.4) is 0 Å². The van der Waals surface area contributed by atoms with Crippen molar-refractivity contribution in [3.05, 3.63) is 40.7 Å². The van der Waals surface area contributed by atoms with Gasteiger partial charge in [-0.15, -0.1) is 5.10 Å². The second kappa shape index (κ2) is 6.99. The minimum Gasteiger partial charge on any atom is -0.392 e. The molecule has 1 aromatic heterocycles. The van der Waals surface area contributed by atoms with E-state index in [0.29, 0.717) is 5.02 Å². The van der Waals surface area contributed by atoms with Gasteiger partial charge in [0.25, 0.3) is 0 Å². The highest BCUT2D eigenvalue weighted by Gasteiger charge is 2.26. The number of aliphatic hydroxyl groups is 1. The number of benzene rings is 1. The van der Waals surface area contributed by atoms with Gasteiger partial charge in [-0.25, -0.2) is 4.68 Å². The molecule has 1 fully saturated rings. The third-order valence-corrected chi connectivity index (χ3v) is 4.86. The molecule has 2 N–H and O–H groups in total. The van der Waals surface area contributed by atoms with Crippen molar-refractivity contribution in [1.82, 2.24) is 20.3 Å². The Bertz CT molecular complexity index is 655. The first-order chi connectivity index (χ1) is 11.1. The van der Waals surface area contributed by atoms with Crippen LogP contribution in [0.15, 0.2) is 24.3 Å². The fraction of sp³-hybridized carbons (Fsp3) is 0.529. The molecule has 1 saturated carbocycles. The highest BCUT2D eigenvalue weighted by molar-refractivity contribution is 6.30. The number of nitrogens with zero attached hydrogens (tertiary/aromatic N) is 3. The Morgan fingerprint density at radius 1 is 1.26 bits per heavy atom. The Morgan fingerprint density at radius 3 is 2.65 bits per heavy atom. The summed E-state index contributed by atoms with van der Waals surface area (Å²) in [6.45, 7) is 4.09. The Labute approximate surface area is 141 Å². The van der Waals surface area contributed by atoms with E-state index in [1.54, 1.807) is 0 Å². The molecule has 2 aromatic rings. The molecule has 3 rings (SSSR count). The normalized spacial score (nSPS) is 23.0. The number of halogens is 1. The third-order valence-electron chi connectivity index (χ3n) is 4.61. The first kappa shape index (κ1) is 16.4. The van der Waals surface area contributed by atoms with Gasteiger partial charge >= 0.3 is 0 Å². The molecule has 23 heavy (non-hydrogen) atoms. The van der Waals surface area contributed by atoms with Gasteiger partial charge in [0, 0.05) is 11.1 Å². The zero-order chi connectivity index (χ0) is 16.4. The zero-order valence-electron chi connectivity index (χ0n) is 13.5. The number of nitrogens with one attached hydrogen (secondary N) is 1. The second-order valence-electron chi connectivity index (χ2n) is 6.29. The Balaban J connectivity index is 1.76. The maximum atomic E-state index is 10.1. The molecule has 0 spiro atoms. The van der Waals surface area contributed by atoms with Crippen LogP contribution in [0.4, 0.5) is 0 Å². The van der Waals surface area contributed by atoms with Gasteiger partial charge in [0.15, 0.2) is 0 Å². The van der Waals surface area contributed by atoms with Gasteiger partial charge in [-0.1, -0.05) is 29.7 Å². The SMILES string of the molecule is Cc1c(C(C)NC2CCCCC2O)nnn1-c1ccc(Cl)cc1. The van der Waals surface area contributed by atoms with E-state index in [1.165, 1.54) is 0 Å². The van der Waals surface area contributed by atoms with E-state index in [-0.39, 0.29) is 18.2 Å². The highest BCUT2D eigenvalue weighted by Crippen LogP contribution is 2.23. The van der Waals surface area contributed by atoms with Gasteiger partial charge < -0.3 is 10.4 Å². The molecular weight excluding hydrogens is 312 g/mol. The lowest BCUT2D eigenvalue weighted by molar-refractivity contribution is 0.0856. The van der Waals surface area contributed by atoms with Crippen molar-refractivity contribution in [2.24, 2.45) is 0 Å². The number of hydrogen-bond donors (Lipinski definition) is 2. The minimum atomic E-state index is -0.266. The lowest BCUT2D eigenvalue weighted by Crippen LogP contribution is -2.43. The maximum Gasteiger partial charge on any atom is 0.103 e. The fourth-order valence-corrected chi connectivity index (χ4v) is 3.40. The highest BCUT2D eigenvalue weighted by atomic mass is 35.5. The molecule has 0 saturated heterocycles. The van der Waals surface area contributed by atoms with Crippen LogP contribution in [0.5, 0.6) is 0 Å². The molecule has 124 valence electrons. The van der Waals surface area contributed by atoms with Crippen molar-refractivity contribution in [3.63, 3.8) is 0 Å². The average molecular weight is 335 g/mol. The molecule has 0 radical (unpaired) electrons. The van der Waals surface area contributed by atoms with Gasteiger partial charge in [-0.3, -0.25) is 0 Å². The quantitative estimate of drug-likeness (QED) is 0.901. The summed E-state index contributed by atoms with van der Waals surface area (Å²) in [5.74, 6) is 0. The lowest BCUT2D eigenvalue weighted by atomic mass is 9.92. The van der Waals surface area contributed by atoms with Gasteiger partial charge in [-0.05, 0) is 51.0 Å². The average Bonchev–Trinajstić information content (AvgIpc) is 2.92. The van der Waals surface area contributed by atoms with E-state index in [0.717, 1.165) is 42.8 Å². The molecule has 0 aliphatic heterocycles. The molecule has 1 aromatic carbocycles. The van der Waals surface area contributed by atoms with Crippen LogP contribution in [-0.2, 0) is 0 Å². The number of aromatic nitrogens is 3. The van der Waals surface area contributed by atoms with Crippen molar-refractivity contribution in [2.45, 2.75) is 57.7 Å². The van der Waals surface area contributed by atoms with Crippen LogP contribution in [0, 0.1) is 6.92 Å². The van der Waals surface area contributed by atoms with Crippen molar-refractivity contribution >= 4 is 11.6 Å². The summed E-state index contributed by atoms with van der Waals surface area (Å²) in [5.41, 5.74) is 2.85. The van der Waals surface area contributed by atoms with Crippen LogP contribution in [0.25, 0.3) is 5.69 Å². The molecule has 0 bridgehead atoms. The summed E-state index contributed by atoms with van der Waals surface area (Å²) in [6.07, 6.45) is 3.89. The molecule has 1 aliphatic carbocycles. The van der Waals surface area contributed by atoms with Crippen LogP contribution in [0.2, 0.25) is 5.02 Å². The molecule has 0 amide bonds. The summed E-state index contributed by atoms with van der Waals surface area (Å²) in [5, 5.41) is 23.0. The van der Waals surface area contributed by atoms with Crippen LogP contribution in [0.1, 0.15) is 50.0 Å². The van der Waals surface area contributed by atoms with Crippen molar-refractivity contribution < 1.29 is 5.11 Å². The third kappa shape index (κ3) is 3.57. The molecule has 5 nitrogen and oxygen atoms in total. The fourth-order valence-electron chi connectivity index (χ4n) is 3.27. The Morgan fingerprint density at radius 2 is 1.96 bits per heavy atom. The summed E-state index contributed by atoms with van der Waals surface area (Å²) in [6, 6.07) is 7.73. The van der Waals surface area contributed by atoms with Gasteiger partial charge in [0.05, 0.1) is 23.5 Å². The van der Waals surface area contributed by atoms with E-state index < -0.39 is 0 Å². The summed E-state index contributed by atoms with van der Waals surface area (Å²) in [7, 11) is 0. The smallest absolute Gasteiger partial charge is 0.103 e. The maximum absolute atomic E-state index is 10.1. The van der Waals surface area contributed by atoms with Crippen LogP contribution < -0.4 is 5.32 Å². The van der Waals surface area contributed by atoms with Gasteiger partial charge in [0.1, 0.15) is 5.69 Å².